The Morgan fingerprint density at radius 1 is 1.35 bits per heavy atom. The molecule has 3 N–H and O–H groups in total. The topological polar surface area (TPSA) is 70.0 Å². The largest absolute Gasteiger partial charge is 0.392 e. The third-order valence-corrected chi connectivity index (χ3v) is 4.68. The molecule has 1 aliphatic heterocycles. The molecule has 0 unspecified atom stereocenters. The fourth-order valence-corrected chi connectivity index (χ4v) is 3.40. The zero-order chi connectivity index (χ0) is 14.8. The van der Waals surface area contributed by atoms with Gasteiger partial charge in [0.1, 0.15) is 0 Å². The molecule has 2 atom stereocenters. The normalized spacial score (nSPS) is 20.8. The number of aliphatic hydroxyl groups is 1. The zero-order valence-corrected chi connectivity index (χ0v) is 15.8. The van der Waals surface area contributed by atoms with Gasteiger partial charge >= 0.3 is 5.69 Å². The fourth-order valence-electron chi connectivity index (χ4n) is 3.05. The van der Waals surface area contributed by atoms with Gasteiger partial charge in [-0.1, -0.05) is 15.9 Å². The van der Waals surface area contributed by atoms with E-state index >= 15 is 0 Å². The van der Waals surface area contributed by atoms with Crippen LogP contribution in [0.15, 0.2) is 27.5 Å². The molecule has 1 aromatic carbocycles. The lowest BCUT2D eigenvalue weighted by Crippen LogP contribution is -2.44. The summed E-state index contributed by atoms with van der Waals surface area (Å²) in [5.74, 6) is 0. The number of benzene rings is 1. The summed E-state index contributed by atoms with van der Waals surface area (Å²) < 4.78 is 2.74. The van der Waals surface area contributed by atoms with E-state index < -0.39 is 0 Å². The van der Waals surface area contributed by atoms with Crippen LogP contribution >= 0.6 is 40.7 Å². The number of imidazole rings is 1. The van der Waals surface area contributed by atoms with E-state index in [1.54, 1.807) is 4.57 Å². The van der Waals surface area contributed by atoms with Crippen LogP contribution in [-0.4, -0.2) is 33.3 Å². The van der Waals surface area contributed by atoms with Gasteiger partial charge in [0.2, 0.25) is 0 Å². The molecule has 2 aromatic rings. The molecule has 3 rings (SSSR count). The number of aromatic amines is 1. The molecule has 1 aromatic heterocycles. The summed E-state index contributed by atoms with van der Waals surface area (Å²) in [5, 5.41) is 13.3. The minimum absolute atomic E-state index is 0. The van der Waals surface area contributed by atoms with Gasteiger partial charge in [-0.05, 0) is 50.4 Å². The second kappa shape index (κ2) is 9.08. The van der Waals surface area contributed by atoms with Gasteiger partial charge in [0.05, 0.1) is 17.1 Å². The van der Waals surface area contributed by atoms with Gasteiger partial charge in [0.15, 0.2) is 0 Å². The number of fused-ring (bicyclic) bond motifs is 1. The Morgan fingerprint density at radius 3 is 2.87 bits per heavy atom. The van der Waals surface area contributed by atoms with Gasteiger partial charge in [-0.15, -0.1) is 24.8 Å². The minimum atomic E-state index is -0.257. The Morgan fingerprint density at radius 2 is 2.13 bits per heavy atom. The number of hydrogen-bond donors (Lipinski definition) is 3. The van der Waals surface area contributed by atoms with Crippen molar-refractivity contribution in [2.75, 3.05) is 6.54 Å². The molecule has 8 heteroatoms. The maximum Gasteiger partial charge on any atom is 0.326 e. The summed E-state index contributed by atoms with van der Waals surface area (Å²) in [6.45, 7) is 1.64. The molecule has 0 aliphatic carbocycles. The molecule has 5 nitrogen and oxygen atoms in total. The second-order valence-corrected chi connectivity index (χ2v) is 6.57. The van der Waals surface area contributed by atoms with Crippen molar-refractivity contribution in [2.45, 2.75) is 44.4 Å². The van der Waals surface area contributed by atoms with Crippen LogP contribution in [0.5, 0.6) is 0 Å². The van der Waals surface area contributed by atoms with Crippen LogP contribution in [0.4, 0.5) is 0 Å². The predicted octanol–water partition coefficient (Wildman–Crippen LogP) is 2.83. The monoisotopic (exact) mass is 425 g/mol. The van der Waals surface area contributed by atoms with Crippen LogP contribution in [0.3, 0.4) is 0 Å². The van der Waals surface area contributed by atoms with E-state index in [0.717, 1.165) is 47.7 Å². The summed E-state index contributed by atoms with van der Waals surface area (Å²) >= 11 is 3.44. The van der Waals surface area contributed by atoms with Crippen LogP contribution in [0.1, 0.15) is 25.7 Å². The second-order valence-electron chi connectivity index (χ2n) is 5.66. The van der Waals surface area contributed by atoms with Crippen LogP contribution in [-0.2, 0) is 6.54 Å². The molecule has 0 radical (unpaired) electrons. The molecule has 1 saturated heterocycles. The molecule has 0 bridgehead atoms. The van der Waals surface area contributed by atoms with Gasteiger partial charge in [-0.3, -0.25) is 4.57 Å². The molecule has 23 heavy (non-hydrogen) atoms. The highest BCUT2D eigenvalue weighted by Gasteiger charge is 2.21. The van der Waals surface area contributed by atoms with Crippen molar-refractivity contribution >= 4 is 51.8 Å². The molecule has 0 saturated carbocycles. The van der Waals surface area contributed by atoms with Gasteiger partial charge in [0.25, 0.3) is 0 Å². The standard InChI is InChI=1S/C15H20BrN3O2.2ClH/c16-10-5-6-11-13(9-10)19(15(21)18-11)8-2-3-12-14(20)4-1-7-17-12;;/h5-6,9,12,14,17,20H,1-4,7-8H2,(H,18,21);2*1H/t12-,14+;;/m1../s1. The number of halogens is 3. The van der Waals surface area contributed by atoms with Crippen molar-refractivity contribution in [1.29, 1.82) is 0 Å². The lowest BCUT2D eigenvalue weighted by Gasteiger charge is -2.28. The van der Waals surface area contributed by atoms with Gasteiger partial charge in [-0.25, -0.2) is 4.79 Å². The first-order valence-corrected chi connectivity index (χ1v) is 8.24. The van der Waals surface area contributed by atoms with Crippen molar-refractivity contribution in [3.8, 4) is 0 Å². The Hall–Kier alpha value is -0.530. The minimum Gasteiger partial charge on any atom is -0.392 e. The van der Waals surface area contributed by atoms with Crippen LogP contribution in [0.2, 0.25) is 0 Å². The third kappa shape index (κ3) is 4.73. The first-order chi connectivity index (χ1) is 10.1. The van der Waals surface area contributed by atoms with Crippen molar-refractivity contribution in [3.63, 3.8) is 0 Å². The fraction of sp³-hybridized carbons (Fsp3) is 0.533. The lowest BCUT2D eigenvalue weighted by atomic mass is 9.97. The highest BCUT2D eigenvalue weighted by molar-refractivity contribution is 9.10. The first kappa shape index (κ1) is 20.5. The van der Waals surface area contributed by atoms with Crippen LogP contribution in [0.25, 0.3) is 11.0 Å². The number of hydrogen-bond acceptors (Lipinski definition) is 3. The van der Waals surface area contributed by atoms with Gasteiger partial charge < -0.3 is 15.4 Å². The predicted molar refractivity (Wildman–Crippen MR) is 101 cm³/mol. The number of piperidine rings is 1. The Balaban J connectivity index is 0.00000132. The van der Waals surface area contributed by atoms with E-state index in [-0.39, 0.29) is 42.6 Å². The third-order valence-electron chi connectivity index (χ3n) is 4.18. The summed E-state index contributed by atoms with van der Waals surface area (Å²) in [6, 6.07) is 5.95. The van der Waals surface area contributed by atoms with E-state index in [9.17, 15) is 9.90 Å². The van der Waals surface area contributed by atoms with Gasteiger partial charge in [0, 0.05) is 17.1 Å². The molecule has 0 spiro atoms. The number of rotatable bonds is 4. The SMILES string of the molecule is Cl.Cl.O=c1[nH]c2ccc(Br)cc2n1CCC[C@H]1NCCC[C@@H]1O. The first-order valence-electron chi connectivity index (χ1n) is 7.44. The molecule has 1 fully saturated rings. The number of aryl methyl sites for hydroxylation is 1. The molecule has 0 amide bonds. The molecule has 2 heterocycles. The molecule has 130 valence electrons. The average Bonchev–Trinajstić information content (AvgIpc) is 2.77. The smallest absolute Gasteiger partial charge is 0.326 e. The number of nitrogens with one attached hydrogen (secondary N) is 2. The van der Waals surface area contributed by atoms with E-state index in [2.05, 4.69) is 26.2 Å². The van der Waals surface area contributed by atoms with Gasteiger partial charge in [-0.2, -0.15) is 0 Å². The van der Waals surface area contributed by atoms with Crippen LogP contribution in [0, 0.1) is 0 Å². The number of H-pyrrole nitrogens is 1. The summed E-state index contributed by atoms with van der Waals surface area (Å²) in [5.41, 5.74) is 1.71. The van der Waals surface area contributed by atoms with Crippen molar-refractivity contribution in [2.24, 2.45) is 0 Å². The maximum absolute atomic E-state index is 12.0. The summed E-state index contributed by atoms with van der Waals surface area (Å²) in [6.07, 6.45) is 3.40. The highest BCUT2D eigenvalue weighted by Crippen LogP contribution is 2.18. The maximum atomic E-state index is 12.0. The van der Waals surface area contributed by atoms with Crippen molar-refractivity contribution < 1.29 is 5.11 Å². The van der Waals surface area contributed by atoms with E-state index in [1.807, 2.05) is 18.2 Å². The Kier molecular flexibility index (Phi) is 8.10. The Bertz CT molecular complexity index is 689. The average molecular weight is 427 g/mol. The van der Waals surface area contributed by atoms with E-state index in [0.29, 0.717) is 6.54 Å². The van der Waals surface area contributed by atoms with Crippen molar-refractivity contribution in [3.05, 3.63) is 33.2 Å². The zero-order valence-electron chi connectivity index (χ0n) is 12.6. The molecule has 1 aliphatic rings. The lowest BCUT2D eigenvalue weighted by molar-refractivity contribution is 0.0909. The Labute approximate surface area is 155 Å². The number of nitrogens with zero attached hydrogens (tertiary/aromatic N) is 1. The van der Waals surface area contributed by atoms with Crippen molar-refractivity contribution in [1.82, 2.24) is 14.9 Å². The van der Waals surface area contributed by atoms with E-state index in [4.69, 9.17) is 0 Å². The number of aliphatic hydroxyl groups excluding tert-OH is 1. The molecular weight excluding hydrogens is 405 g/mol. The quantitative estimate of drug-likeness (QED) is 0.703. The molecular formula is C15H22BrCl2N3O2. The van der Waals surface area contributed by atoms with Crippen LogP contribution < -0.4 is 11.0 Å². The van der Waals surface area contributed by atoms with E-state index in [1.165, 1.54) is 0 Å². The summed E-state index contributed by atoms with van der Waals surface area (Å²) in [4.78, 5) is 14.9. The summed E-state index contributed by atoms with van der Waals surface area (Å²) in [7, 11) is 0. The highest BCUT2D eigenvalue weighted by atomic mass is 79.9. The number of aromatic nitrogens is 2.